The number of sulfone groups is 1. The zero-order chi connectivity index (χ0) is 24.5. The van der Waals surface area contributed by atoms with E-state index in [1.54, 1.807) is 37.4 Å². The quantitative estimate of drug-likeness (QED) is 0.223. The summed E-state index contributed by atoms with van der Waals surface area (Å²) in [5.74, 6) is 0.586. The van der Waals surface area contributed by atoms with Gasteiger partial charge in [-0.1, -0.05) is 53.2 Å². The van der Waals surface area contributed by atoms with Crippen LogP contribution in [0.3, 0.4) is 0 Å². The molecule has 0 aliphatic rings. The summed E-state index contributed by atoms with van der Waals surface area (Å²) >= 11 is 6.42. The first-order chi connectivity index (χ1) is 16.2. The second-order valence-corrected chi connectivity index (χ2v) is 10.2. The van der Waals surface area contributed by atoms with E-state index in [0.717, 1.165) is 23.1 Å². The fraction of sp³-hybridized carbons (Fsp3) is 0.120. The zero-order valence-corrected chi connectivity index (χ0v) is 20.0. The topological polar surface area (TPSA) is 105 Å². The molecule has 9 heteroatoms. The van der Waals surface area contributed by atoms with Gasteiger partial charge in [0.2, 0.25) is 0 Å². The maximum Gasteiger partial charge on any atom is 0.175 e. The molecule has 2 N–H and O–H groups in total. The van der Waals surface area contributed by atoms with Crippen molar-refractivity contribution >= 4 is 27.1 Å². The molecule has 174 valence electrons. The standard InChI is InChI=1S/C25H22ClN3O4S/c1-16(28-31)23-14-29(25(27-23)21-5-3-4-6-22(21)26)20-11-9-17(10-12-20)18-7-8-19(15-30)24(13-18)34(2,32)33/h3-14,30-31H,15H2,1-2H3/b28-16+. The van der Waals surface area contributed by atoms with Crippen molar-refractivity contribution in [2.75, 3.05) is 6.26 Å². The van der Waals surface area contributed by atoms with Gasteiger partial charge >= 0.3 is 0 Å². The lowest BCUT2D eigenvalue weighted by atomic mass is 10.0. The highest BCUT2D eigenvalue weighted by Gasteiger charge is 2.17. The van der Waals surface area contributed by atoms with Crippen molar-refractivity contribution in [2.24, 2.45) is 5.16 Å². The number of imidazole rings is 1. The molecule has 0 saturated heterocycles. The molecule has 0 radical (unpaired) electrons. The highest BCUT2D eigenvalue weighted by Crippen LogP contribution is 2.31. The Hall–Kier alpha value is -3.46. The monoisotopic (exact) mass is 495 g/mol. The minimum absolute atomic E-state index is 0.107. The van der Waals surface area contributed by atoms with Gasteiger partial charge in [0.1, 0.15) is 17.2 Å². The van der Waals surface area contributed by atoms with Gasteiger partial charge in [0.15, 0.2) is 9.84 Å². The number of hydrogen-bond donors (Lipinski definition) is 2. The van der Waals surface area contributed by atoms with Gasteiger partial charge in [-0.25, -0.2) is 13.4 Å². The Morgan fingerprint density at radius 3 is 2.35 bits per heavy atom. The highest BCUT2D eigenvalue weighted by molar-refractivity contribution is 7.90. The Kier molecular flexibility index (Phi) is 6.56. The number of nitrogens with zero attached hydrogens (tertiary/aromatic N) is 3. The first-order valence-electron chi connectivity index (χ1n) is 10.3. The van der Waals surface area contributed by atoms with Crippen LogP contribution in [0.1, 0.15) is 18.2 Å². The zero-order valence-electron chi connectivity index (χ0n) is 18.5. The Labute approximate surface area is 202 Å². The van der Waals surface area contributed by atoms with Crippen LogP contribution >= 0.6 is 11.6 Å². The fourth-order valence-electron chi connectivity index (χ4n) is 3.66. The molecule has 4 aromatic rings. The molecule has 1 heterocycles. The summed E-state index contributed by atoms with van der Waals surface area (Å²) in [4.78, 5) is 4.73. The summed E-state index contributed by atoms with van der Waals surface area (Å²) in [6, 6.07) is 19.8. The molecule has 0 amide bonds. The molecular formula is C25H22ClN3O4S. The predicted molar refractivity (Wildman–Crippen MR) is 132 cm³/mol. The van der Waals surface area contributed by atoms with Crippen molar-refractivity contribution in [3.05, 3.63) is 89.2 Å². The van der Waals surface area contributed by atoms with E-state index in [2.05, 4.69) is 10.1 Å². The maximum atomic E-state index is 12.2. The summed E-state index contributed by atoms with van der Waals surface area (Å²) in [7, 11) is -3.49. The first-order valence-corrected chi connectivity index (χ1v) is 12.6. The van der Waals surface area contributed by atoms with Crippen LogP contribution in [0.15, 0.2) is 83.0 Å². The molecule has 0 atom stereocenters. The number of aromatic nitrogens is 2. The van der Waals surface area contributed by atoms with Gasteiger partial charge in [-0.3, -0.25) is 4.57 Å². The van der Waals surface area contributed by atoms with Gasteiger partial charge in [0.05, 0.1) is 16.5 Å². The van der Waals surface area contributed by atoms with Crippen LogP contribution in [-0.2, 0) is 16.4 Å². The van der Waals surface area contributed by atoms with E-state index in [9.17, 15) is 18.7 Å². The van der Waals surface area contributed by atoms with E-state index in [4.69, 9.17) is 11.6 Å². The molecule has 0 aliphatic heterocycles. The molecule has 1 aromatic heterocycles. The van der Waals surface area contributed by atoms with Crippen LogP contribution in [0.5, 0.6) is 0 Å². The Morgan fingerprint density at radius 1 is 1.06 bits per heavy atom. The average Bonchev–Trinajstić information content (AvgIpc) is 3.28. The first kappa shape index (κ1) is 23.7. The lowest BCUT2D eigenvalue weighted by molar-refractivity contribution is 0.278. The molecule has 0 bridgehead atoms. The molecule has 0 aliphatic carbocycles. The van der Waals surface area contributed by atoms with Crippen molar-refractivity contribution in [1.29, 1.82) is 0 Å². The van der Waals surface area contributed by atoms with Gasteiger partial charge in [-0.05, 0) is 53.9 Å². The third-order valence-electron chi connectivity index (χ3n) is 5.46. The van der Waals surface area contributed by atoms with Gasteiger partial charge < -0.3 is 10.3 Å². The summed E-state index contributed by atoms with van der Waals surface area (Å²) in [5.41, 5.74) is 4.26. The lowest BCUT2D eigenvalue weighted by Gasteiger charge is -2.12. The molecule has 0 saturated carbocycles. The molecule has 4 rings (SSSR count). The molecule has 7 nitrogen and oxygen atoms in total. The number of aliphatic hydroxyl groups excluding tert-OH is 1. The van der Waals surface area contributed by atoms with E-state index < -0.39 is 9.84 Å². The Morgan fingerprint density at radius 2 is 1.74 bits per heavy atom. The van der Waals surface area contributed by atoms with E-state index in [0.29, 0.717) is 33.4 Å². The molecule has 0 unspecified atom stereocenters. The van der Waals surface area contributed by atoms with Crippen LogP contribution in [0, 0.1) is 0 Å². The van der Waals surface area contributed by atoms with Crippen LogP contribution in [0.4, 0.5) is 0 Å². The molecular weight excluding hydrogens is 474 g/mol. The van der Waals surface area contributed by atoms with Gasteiger partial charge in [-0.15, -0.1) is 0 Å². The number of oxime groups is 1. The van der Waals surface area contributed by atoms with Gasteiger partial charge in [-0.2, -0.15) is 0 Å². The second kappa shape index (κ2) is 9.42. The summed E-state index contributed by atoms with van der Waals surface area (Å²) in [6.07, 6.45) is 2.89. The van der Waals surface area contributed by atoms with Crippen molar-refractivity contribution < 1.29 is 18.7 Å². The van der Waals surface area contributed by atoms with Crippen LogP contribution in [0.2, 0.25) is 5.02 Å². The van der Waals surface area contributed by atoms with Crippen molar-refractivity contribution in [2.45, 2.75) is 18.4 Å². The number of aliphatic hydroxyl groups is 1. The third-order valence-corrected chi connectivity index (χ3v) is 6.97. The highest BCUT2D eigenvalue weighted by atomic mass is 35.5. The largest absolute Gasteiger partial charge is 0.411 e. The fourth-order valence-corrected chi connectivity index (χ4v) is 4.83. The summed E-state index contributed by atoms with van der Waals surface area (Å²) in [5, 5.41) is 22.5. The number of benzene rings is 3. The minimum atomic E-state index is -3.49. The molecule has 0 fully saturated rings. The van der Waals surface area contributed by atoms with E-state index in [-0.39, 0.29) is 11.5 Å². The SMILES string of the molecule is C/C(=N\O)c1cn(-c2ccc(-c3ccc(CO)c(S(C)(=O)=O)c3)cc2)c(-c2ccccc2Cl)n1. The van der Waals surface area contributed by atoms with E-state index in [1.165, 1.54) is 0 Å². The normalized spacial score (nSPS) is 12.2. The van der Waals surface area contributed by atoms with Crippen LogP contribution in [-0.4, -0.2) is 40.3 Å². The lowest BCUT2D eigenvalue weighted by Crippen LogP contribution is -2.03. The Balaban J connectivity index is 1.80. The smallest absolute Gasteiger partial charge is 0.175 e. The average molecular weight is 496 g/mol. The number of halogens is 1. The summed E-state index contributed by atoms with van der Waals surface area (Å²) < 4.78 is 26.2. The van der Waals surface area contributed by atoms with E-state index in [1.807, 2.05) is 47.0 Å². The third kappa shape index (κ3) is 4.61. The van der Waals surface area contributed by atoms with Crippen molar-refractivity contribution in [1.82, 2.24) is 9.55 Å². The maximum absolute atomic E-state index is 12.2. The van der Waals surface area contributed by atoms with Gasteiger partial charge in [0, 0.05) is 23.7 Å². The van der Waals surface area contributed by atoms with E-state index >= 15 is 0 Å². The molecule has 0 spiro atoms. The van der Waals surface area contributed by atoms with Crippen LogP contribution in [0.25, 0.3) is 28.2 Å². The molecule has 3 aromatic carbocycles. The predicted octanol–water partition coefficient (Wildman–Crippen LogP) is 4.95. The van der Waals surface area contributed by atoms with Crippen molar-refractivity contribution in [3.8, 4) is 28.2 Å². The molecule has 34 heavy (non-hydrogen) atoms. The van der Waals surface area contributed by atoms with Gasteiger partial charge in [0.25, 0.3) is 0 Å². The Bertz CT molecular complexity index is 1490. The number of rotatable bonds is 6. The number of hydrogen-bond acceptors (Lipinski definition) is 6. The summed E-state index contributed by atoms with van der Waals surface area (Å²) in [6.45, 7) is 1.30. The minimum Gasteiger partial charge on any atom is -0.411 e. The second-order valence-electron chi connectivity index (χ2n) is 7.78. The van der Waals surface area contributed by atoms with Crippen LogP contribution < -0.4 is 0 Å². The van der Waals surface area contributed by atoms with Crippen molar-refractivity contribution in [3.63, 3.8) is 0 Å².